The number of hydrogen-bond acceptors (Lipinski definition) is 1. The smallest absolute Gasteiger partial charge is 0.0830 e. The van der Waals surface area contributed by atoms with Crippen molar-refractivity contribution < 1.29 is 5.11 Å². The van der Waals surface area contributed by atoms with E-state index < -0.39 is 6.10 Å². The van der Waals surface area contributed by atoms with Crippen molar-refractivity contribution in [2.24, 2.45) is 0 Å². The molecule has 100 valence electrons. The van der Waals surface area contributed by atoms with E-state index in [-0.39, 0.29) is 0 Å². The number of benzene rings is 3. The van der Waals surface area contributed by atoms with Crippen LogP contribution in [0.5, 0.6) is 0 Å². The Kier molecular flexibility index (Phi) is 3.53. The number of aliphatic hydroxyl groups is 1. The van der Waals surface area contributed by atoms with Gasteiger partial charge in [-0.05, 0) is 28.8 Å². The van der Waals surface area contributed by atoms with E-state index in [0.717, 1.165) is 5.56 Å². The lowest BCUT2D eigenvalue weighted by atomic mass is 9.96. The number of aliphatic hydroxyl groups excluding tert-OH is 1. The van der Waals surface area contributed by atoms with Crippen molar-refractivity contribution in [3.05, 3.63) is 83.4 Å². The molecule has 0 saturated carbocycles. The van der Waals surface area contributed by atoms with Crippen LogP contribution >= 0.6 is 0 Å². The van der Waals surface area contributed by atoms with Crippen LogP contribution in [0.4, 0.5) is 0 Å². The molecule has 1 nitrogen and oxygen atoms in total. The van der Waals surface area contributed by atoms with Gasteiger partial charge in [0, 0.05) is 6.42 Å². The van der Waals surface area contributed by atoms with E-state index in [4.69, 9.17) is 0 Å². The van der Waals surface area contributed by atoms with Crippen LogP contribution in [-0.2, 0) is 6.42 Å². The SMILES string of the molecule is Cc1ccc(C(O)Cc2cccc3ccccc23)cc1. The Morgan fingerprint density at radius 1 is 0.850 bits per heavy atom. The molecule has 0 fully saturated rings. The van der Waals surface area contributed by atoms with Crippen molar-refractivity contribution in [3.8, 4) is 0 Å². The molecule has 0 aliphatic rings. The summed E-state index contributed by atoms with van der Waals surface area (Å²) < 4.78 is 0. The molecule has 1 atom stereocenters. The maximum atomic E-state index is 10.4. The summed E-state index contributed by atoms with van der Waals surface area (Å²) in [7, 11) is 0. The lowest BCUT2D eigenvalue weighted by Crippen LogP contribution is -2.02. The molecule has 0 amide bonds. The molecule has 3 aromatic carbocycles. The lowest BCUT2D eigenvalue weighted by Gasteiger charge is -2.13. The van der Waals surface area contributed by atoms with Crippen LogP contribution in [-0.4, -0.2) is 5.11 Å². The third-order valence-electron chi connectivity index (χ3n) is 3.76. The van der Waals surface area contributed by atoms with Gasteiger partial charge in [0.15, 0.2) is 0 Å². The topological polar surface area (TPSA) is 20.2 Å². The third kappa shape index (κ3) is 2.59. The van der Waals surface area contributed by atoms with Gasteiger partial charge in [-0.15, -0.1) is 0 Å². The molecule has 1 heteroatoms. The van der Waals surface area contributed by atoms with Gasteiger partial charge in [-0.2, -0.15) is 0 Å². The van der Waals surface area contributed by atoms with E-state index in [1.807, 2.05) is 36.4 Å². The lowest BCUT2D eigenvalue weighted by molar-refractivity contribution is 0.179. The summed E-state index contributed by atoms with van der Waals surface area (Å²) >= 11 is 0. The molecule has 0 aromatic heterocycles. The predicted molar refractivity (Wildman–Crippen MR) is 83.8 cm³/mol. The van der Waals surface area contributed by atoms with E-state index in [9.17, 15) is 5.11 Å². The normalized spacial score (nSPS) is 12.5. The fourth-order valence-electron chi connectivity index (χ4n) is 2.59. The molecule has 0 aliphatic heterocycles. The van der Waals surface area contributed by atoms with E-state index >= 15 is 0 Å². The molecule has 1 N–H and O–H groups in total. The molecule has 0 radical (unpaired) electrons. The minimum Gasteiger partial charge on any atom is -0.388 e. The van der Waals surface area contributed by atoms with Crippen LogP contribution in [0.2, 0.25) is 0 Å². The van der Waals surface area contributed by atoms with Crippen molar-refractivity contribution in [1.82, 2.24) is 0 Å². The van der Waals surface area contributed by atoms with Crippen LogP contribution < -0.4 is 0 Å². The van der Waals surface area contributed by atoms with Crippen LogP contribution in [0.15, 0.2) is 66.7 Å². The minimum absolute atomic E-state index is 0.457. The van der Waals surface area contributed by atoms with Gasteiger partial charge in [-0.25, -0.2) is 0 Å². The van der Waals surface area contributed by atoms with Gasteiger partial charge in [0.25, 0.3) is 0 Å². The Labute approximate surface area is 119 Å². The first kappa shape index (κ1) is 12.9. The fourth-order valence-corrected chi connectivity index (χ4v) is 2.59. The average Bonchev–Trinajstić information content (AvgIpc) is 2.48. The monoisotopic (exact) mass is 262 g/mol. The van der Waals surface area contributed by atoms with Crippen molar-refractivity contribution in [1.29, 1.82) is 0 Å². The molecule has 0 bridgehead atoms. The highest BCUT2D eigenvalue weighted by Crippen LogP contribution is 2.24. The first-order chi connectivity index (χ1) is 9.74. The van der Waals surface area contributed by atoms with Crippen molar-refractivity contribution in [3.63, 3.8) is 0 Å². The number of fused-ring (bicyclic) bond motifs is 1. The highest BCUT2D eigenvalue weighted by molar-refractivity contribution is 5.85. The summed E-state index contributed by atoms with van der Waals surface area (Å²) in [5, 5.41) is 12.9. The molecule has 20 heavy (non-hydrogen) atoms. The van der Waals surface area contributed by atoms with Gasteiger partial charge >= 0.3 is 0 Å². The second-order valence-corrected chi connectivity index (χ2v) is 5.27. The maximum Gasteiger partial charge on any atom is 0.0830 e. The summed E-state index contributed by atoms with van der Waals surface area (Å²) in [5.41, 5.74) is 3.38. The van der Waals surface area contributed by atoms with Gasteiger partial charge in [-0.3, -0.25) is 0 Å². The summed E-state index contributed by atoms with van der Waals surface area (Å²) in [6, 6.07) is 22.7. The Hall–Kier alpha value is -2.12. The van der Waals surface area contributed by atoms with Crippen molar-refractivity contribution in [2.75, 3.05) is 0 Å². The van der Waals surface area contributed by atoms with Gasteiger partial charge < -0.3 is 5.11 Å². The molecule has 3 rings (SSSR count). The van der Waals surface area contributed by atoms with Crippen LogP contribution in [0.25, 0.3) is 10.8 Å². The summed E-state index contributed by atoms with van der Waals surface area (Å²) in [5.74, 6) is 0. The Balaban J connectivity index is 1.91. The molecular formula is C19H18O. The molecule has 0 heterocycles. The number of hydrogen-bond donors (Lipinski definition) is 1. The molecule has 0 saturated heterocycles. The highest BCUT2D eigenvalue weighted by Gasteiger charge is 2.10. The van der Waals surface area contributed by atoms with Crippen molar-refractivity contribution in [2.45, 2.75) is 19.4 Å². The third-order valence-corrected chi connectivity index (χ3v) is 3.76. The second kappa shape index (κ2) is 5.48. The second-order valence-electron chi connectivity index (χ2n) is 5.27. The largest absolute Gasteiger partial charge is 0.388 e. The van der Waals surface area contributed by atoms with Gasteiger partial charge in [-0.1, -0.05) is 72.3 Å². The maximum absolute atomic E-state index is 10.4. The first-order valence-electron chi connectivity index (χ1n) is 6.95. The summed E-state index contributed by atoms with van der Waals surface area (Å²) in [6.07, 6.45) is 0.186. The quantitative estimate of drug-likeness (QED) is 0.740. The Morgan fingerprint density at radius 2 is 1.55 bits per heavy atom. The van der Waals surface area contributed by atoms with Crippen LogP contribution in [0.3, 0.4) is 0 Å². The fraction of sp³-hybridized carbons (Fsp3) is 0.158. The van der Waals surface area contributed by atoms with Crippen LogP contribution in [0.1, 0.15) is 22.8 Å². The average molecular weight is 262 g/mol. The van der Waals surface area contributed by atoms with E-state index in [0.29, 0.717) is 6.42 Å². The van der Waals surface area contributed by atoms with Gasteiger partial charge in [0.1, 0.15) is 0 Å². The molecular weight excluding hydrogens is 244 g/mol. The zero-order valence-corrected chi connectivity index (χ0v) is 11.6. The molecule has 0 spiro atoms. The molecule has 0 aliphatic carbocycles. The van der Waals surface area contributed by atoms with E-state index in [1.54, 1.807) is 0 Å². The van der Waals surface area contributed by atoms with E-state index in [1.165, 1.54) is 21.9 Å². The predicted octanol–water partition coefficient (Wildman–Crippen LogP) is 4.42. The minimum atomic E-state index is -0.457. The summed E-state index contributed by atoms with van der Waals surface area (Å²) in [6.45, 7) is 2.06. The Morgan fingerprint density at radius 3 is 2.35 bits per heavy atom. The Bertz CT molecular complexity index is 708. The number of rotatable bonds is 3. The van der Waals surface area contributed by atoms with Gasteiger partial charge in [0.2, 0.25) is 0 Å². The molecule has 3 aromatic rings. The van der Waals surface area contributed by atoms with Gasteiger partial charge in [0.05, 0.1) is 6.10 Å². The highest BCUT2D eigenvalue weighted by atomic mass is 16.3. The van der Waals surface area contributed by atoms with Crippen molar-refractivity contribution >= 4 is 10.8 Å². The zero-order chi connectivity index (χ0) is 13.9. The summed E-state index contributed by atoms with van der Waals surface area (Å²) in [4.78, 5) is 0. The first-order valence-corrected chi connectivity index (χ1v) is 6.95. The standard InChI is InChI=1S/C19H18O/c1-14-9-11-16(12-10-14)19(20)13-17-7-4-6-15-5-2-3-8-18(15)17/h2-12,19-20H,13H2,1H3. The van der Waals surface area contributed by atoms with E-state index in [2.05, 4.69) is 37.3 Å². The molecule has 1 unspecified atom stereocenters. The zero-order valence-electron chi connectivity index (χ0n) is 11.6. The number of aryl methyl sites for hydroxylation is 1. The van der Waals surface area contributed by atoms with Crippen LogP contribution in [0, 0.1) is 6.92 Å².